The fourth-order valence-electron chi connectivity index (χ4n) is 1.30. The second-order valence-corrected chi connectivity index (χ2v) is 4.79. The number of hydrogen-bond acceptors (Lipinski definition) is 4. The lowest BCUT2D eigenvalue weighted by atomic mass is 10.2. The van der Waals surface area contributed by atoms with E-state index in [-0.39, 0.29) is 6.42 Å². The van der Waals surface area contributed by atoms with Crippen LogP contribution in [0.3, 0.4) is 0 Å². The molecule has 6 heteroatoms. The third-order valence-corrected chi connectivity index (χ3v) is 1.89. The van der Waals surface area contributed by atoms with Gasteiger partial charge in [0, 0.05) is 12.4 Å². The van der Waals surface area contributed by atoms with Crippen LogP contribution in [0.15, 0.2) is 0 Å². The van der Waals surface area contributed by atoms with Gasteiger partial charge in [-0.3, -0.25) is 0 Å². The average Bonchev–Trinajstić information content (AvgIpc) is 1.98. The normalized spacial score (nSPS) is 15.5. The van der Waals surface area contributed by atoms with Crippen LogP contribution in [0.4, 0.5) is 0 Å². The molecule has 2 atom stereocenters. The quantitative estimate of drug-likeness (QED) is 0.552. The van der Waals surface area contributed by atoms with Crippen molar-refractivity contribution in [2.45, 2.75) is 25.6 Å². The molecule has 0 aromatic rings. The molecule has 6 nitrogen and oxygen atoms in total. The molecule has 0 aromatic heterocycles. The molecular weight excluding hydrogens is 214 g/mol. The first kappa shape index (κ1) is 14.9. The second-order valence-electron chi connectivity index (χ2n) is 4.79. The third-order valence-electron chi connectivity index (χ3n) is 1.89. The predicted molar refractivity (Wildman–Crippen MR) is 54.5 cm³/mol. The summed E-state index contributed by atoms with van der Waals surface area (Å²) in [5, 5.41) is 19.2. The Bertz CT molecular complexity index is 258. The van der Waals surface area contributed by atoms with Crippen LogP contribution >= 0.6 is 0 Å². The highest BCUT2D eigenvalue weighted by atomic mass is 16.5. The molecule has 16 heavy (non-hydrogen) atoms. The maximum atomic E-state index is 10.6. The van der Waals surface area contributed by atoms with Crippen LogP contribution < -0.4 is 5.11 Å². The summed E-state index contributed by atoms with van der Waals surface area (Å²) >= 11 is 0. The number of carboxylic acid groups (broad SMARTS) is 2. The Labute approximate surface area is 95.0 Å². The maximum Gasteiger partial charge on any atom is 0.332 e. The number of carbonyl (C=O) groups excluding carboxylic acids is 1. The Kier molecular flexibility index (Phi) is 5.40. The molecule has 0 aromatic carbocycles. The number of quaternary nitrogens is 1. The SMILES string of the molecule is CC(OC(CC(=O)[O-])C[N+](C)(C)C)C(=O)O. The fourth-order valence-corrected chi connectivity index (χ4v) is 1.30. The van der Waals surface area contributed by atoms with Gasteiger partial charge < -0.3 is 24.2 Å². The lowest BCUT2D eigenvalue weighted by Crippen LogP contribution is -2.46. The van der Waals surface area contributed by atoms with Crippen molar-refractivity contribution in [2.75, 3.05) is 27.7 Å². The van der Waals surface area contributed by atoms with Crippen LogP contribution in [0.2, 0.25) is 0 Å². The molecule has 0 heterocycles. The van der Waals surface area contributed by atoms with Crippen LogP contribution in [0.5, 0.6) is 0 Å². The molecule has 0 aliphatic carbocycles. The van der Waals surface area contributed by atoms with Crippen molar-refractivity contribution < 1.29 is 29.0 Å². The molecule has 0 fully saturated rings. The molecule has 0 radical (unpaired) electrons. The van der Waals surface area contributed by atoms with Crippen LogP contribution in [0, 0.1) is 0 Å². The van der Waals surface area contributed by atoms with Crippen molar-refractivity contribution >= 4 is 11.9 Å². The van der Waals surface area contributed by atoms with Crippen LogP contribution in [0.1, 0.15) is 13.3 Å². The van der Waals surface area contributed by atoms with E-state index in [9.17, 15) is 14.7 Å². The molecule has 0 aliphatic rings. The Hall–Kier alpha value is -1.14. The predicted octanol–water partition coefficient (Wildman–Crippen LogP) is -1.31. The zero-order valence-corrected chi connectivity index (χ0v) is 10.1. The number of aliphatic carboxylic acids is 2. The Morgan fingerprint density at radius 2 is 1.88 bits per heavy atom. The van der Waals surface area contributed by atoms with Crippen molar-refractivity contribution in [1.82, 2.24) is 0 Å². The summed E-state index contributed by atoms with van der Waals surface area (Å²) in [4.78, 5) is 21.1. The lowest BCUT2D eigenvalue weighted by molar-refractivity contribution is -0.873. The van der Waals surface area contributed by atoms with E-state index >= 15 is 0 Å². The van der Waals surface area contributed by atoms with Crippen molar-refractivity contribution in [3.8, 4) is 0 Å². The number of nitrogens with zero attached hydrogens (tertiary/aromatic N) is 1. The van der Waals surface area contributed by atoms with Crippen LogP contribution in [-0.4, -0.2) is 61.4 Å². The molecule has 2 unspecified atom stereocenters. The van der Waals surface area contributed by atoms with Gasteiger partial charge in [-0.15, -0.1) is 0 Å². The highest BCUT2D eigenvalue weighted by Crippen LogP contribution is 2.07. The Morgan fingerprint density at radius 1 is 1.38 bits per heavy atom. The van der Waals surface area contributed by atoms with E-state index in [0.717, 1.165) is 0 Å². The molecule has 0 bridgehead atoms. The number of rotatable bonds is 7. The van der Waals surface area contributed by atoms with Gasteiger partial charge in [-0.1, -0.05) is 0 Å². The molecule has 94 valence electrons. The summed E-state index contributed by atoms with van der Waals surface area (Å²) < 4.78 is 5.65. The summed E-state index contributed by atoms with van der Waals surface area (Å²) in [7, 11) is 5.62. The van der Waals surface area contributed by atoms with Gasteiger partial charge in [0.15, 0.2) is 6.10 Å². The minimum atomic E-state index is -1.24. The lowest BCUT2D eigenvalue weighted by Gasteiger charge is -2.30. The largest absolute Gasteiger partial charge is 0.550 e. The van der Waals surface area contributed by atoms with Gasteiger partial charge in [-0.05, 0) is 6.92 Å². The number of likely N-dealkylation sites (N-methyl/N-ethyl adjacent to an activating group) is 1. The number of hydrogen-bond donors (Lipinski definition) is 1. The zero-order chi connectivity index (χ0) is 12.9. The first-order chi connectivity index (χ1) is 7.11. The summed E-state index contributed by atoms with van der Waals surface area (Å²) in [5.41, 5.74) is 0. The van der Waals surface area contributed by atoms with Gasteiger partial charge >= 0.3 is 5.97 Å². The van der Waals surface area contributed by atoms with Gasteiger partial charge in [-0.25, -0.2) is 4.79 Å². The summed E-state index contributed by atoms with van der Waals surface area (Å²) in [6, 6.07) is 0. The van der Waals surface area contributed by atoms with Gasteiger partial charge in [0.25, 0.3) is 0 Å². The number of ether oxygens (including phenoxy) is 1. The molecule has 0 aliphatic heterocycles. The van der Waals surface area contributed by atoms with Gasteiger partial charge in [0.2, 0.25) is 0 Å². The Morgan fingerprint density at radius 3 is 2.19 bits per heavy atom. The molecule has 0 amide bonds. The number of carbonyl (C=O) groups is 2. The van der Waals surface area contributed by atoms with Crippen molar-refractivity contribution in [3.63, 3.8) is 0 Å². The maximum absolute atomic E-state index is 10.6. The van der Waals surface area contributed by atoms with Gasteiger partial charge in [0.05, 0.1) is 21.1 Å². The van der Waals surface area contributed by atoms with Gasteiger partial charge in [-0.2, -0.15) is 0 Å². The Balaban J connectivity index is 4.43. The molecule has 1 N–H and O–H groups in total. The zero-order valence-electron chi connectivity index (χ0n) is 10.1. The summed E-state index contributed by atoms with van der Waals surface area (Å²) in [5.74, 6) is -2.35. The first-order valence-corrected chi connectivity index (χ1v) is 5.00. The van der Waals surface area contributed by atoms with Crippen molar-refractivity contribution in [3.05, 3.63) is 0 Å². The van der Waals surface area contributed by atoms with E-state index in [1.54, 1.807) is 0 Å². The van der Waals surface area contributed by atoms with Crippen molar-refractivity contribution in [1.29, 1.82) is 0 Å². The molecule has 0 spiro atoms. The van der Waals surface area contributed by atoms with Gasteiger partial charge in [0.1, 0.15) is 12.6 Å². The van der Waals surface area contributed by atoms with Crippen LogP contribution in [0.25, 0.3) is 0 Å². The first-order valence-electron chi connectivity index (χ1n) is 5.00. The van der Waals surface area contributed by atoms with E-state index in [0.29, 0.717) is 11.0 Å². The standard InChI is InChI=1S/C10H19NO5/c1-7(10(14)15)16-8(5-9(12)13)6-11(2,3)4/h7-8H,5-6H2,1-4H3,(H-,12,13,14,15). The summed E-state index contributed by atoms with van der Waals surface area (Å²) in [6.45, 7) is 1.78. The molecule has 0 rings (SSSR count). The highest BCUT2D eigenvalue weighted by molar-refractivity contribution is 5.71. The highest BCUT2D eigenvalue weighted by Gasteiger charge is 2.23. The van der Waals surface area contributed by atoms with Crippen LogP contribution in [-0.2, 0) is 14.3 Å². The van der Waals surface area contributed by atoms with E-state index in [2.05, 4.69) is 0 Å². The second kappa shape index (κ2) is 5.81. The molecular formula is C10H19NO5. The van der Waals surface area contributed by atoms with E-state index in [4.69, 9.17) is 9.84 Å². The topological polar surface area (TPSA) is 86.7 Å². The average molecular weight is 233 g/mol. The smallest absolute Gasteiger partial charge is 0.332 e. The third kappa shape index (κ3) is 7.19. The summed E-state index contributed by atoms with van der Waals surface area (Å²) in [6.07, 6.45) is -1.97. The molecule has 0 saturated heterocycles. The van der Waals surface area contributed by atoms with E-state index < -0.39 is 24.1 Å². The number of carboxylic acids is 2. The fraction of sp³-hybridized carbons (Fsp3) is 0.800. The molecule has 0 saturated carbocycles. The van der Waals surface area contributed by atoms with E-state index in [1.807, 2.05) is 21.1 Å². The monoisotopic (exact) mass is 233 g/mol. The van der Waals surface area contributed by atoms with Crippen molar-refractivity contribution in [2.24, 2.45) is 0 Å². The minimum Gasteiger partial charge on any atom is -0.550 e. The van der Waals surface area contributed by atoms with E-state index in [1.165, 1.54) is 6.92 Å². The minimum absolute atomic E-state index is 0.298.